The van der Waals surface area contributed by atoms with Crippen LogP contribution in [0.3, 0.4) is 0 Å². The van der Waals surface area contributed by atoms with Crippen molar-refractivity contribution >= 4 is 11.4 Å². The summed E-state index contributed by atoms with van der Waals surface area (Å²) in [5, 5.41) is 9.45. The summed E-state index contributed by atoms with van der Waals surface area (Å²) >= 11 is 0. The minimum Gasteiger partial charge on any atom is -0.387 e. The van der Waals surface area contributed by atoms with Gasteiger partial charge in [0.25, 0.3) is 0 Å². The zero-order valence-electron chi connectivity index (χ0n) is 11.7. The van der Waals surface area contributed by atoms with Crippen molar-refractivity contribution in [3.05, 3.63) is 53.9 Å². The van der Waals surface area contributed by atoms with Crippen molar-refractivity contribution in [2.45, 2.75) is 26.4 Å². The highest BCUT2D eigenvalue weighted by Gasteiger charge is 2.06. The predicted octanol–water partition coefficient (Wildman–Crippen LogP) is 3.47. The molecule has 0 bridgehead atoms. The summed E-state index contributed by atoms with van der Waals surface area (Å²) in [6.45, 7) is 3.87. The van der Waals surface area contributed by atoms with Gasteiger partial charge in [0.1, 0.15) is 0 Å². The number of aromatic nitrogens is 1. The van der Waals surface area contributed by atoms with Crippen LogP contribution in [-0.4, -0.2) is 17.1 Å². The Morgan fingerprint density at radius 3 is 2.21 bits per heavy atom. The average Bonchev–Trinajstić information content (AvgIpc) is 2.46. The number of hydrogen-bond acceptors (Lipinski definition) is 3. The molecule has 0 saturated carbocycles. The lowest BCUT2D eigenvalue weighted by molar-refractivity contribution is 0.194. The smallest absolute Gasteiger partial charge is 0.0931 e. The Labute approximate surface area is 114 Å². The number of aliphatic hydroxyl groups is 1. The summed E-state index contributed by atoms with van der Waals surface area (Å²) in [5.41, 5.74) is 4.16. The Morgan fingerprint density at radius 1 is 1.11 bits per heavy atom. The largest absolute Gasteiger partial charge is 0.387 e. The van der Waals surface area contributed by atoms with E-state index in [2.05, 4.69) is 41.1 Å². The molecule has 0 unspecified atom stereocenters. The number of benzene rings is 1. The van der Waals surface area contributed by atoms with Gasteiger partial charge in [-0.1, -0.05) is 19.1 Å². The molecule has 2 aromatic rings. The molecule has 19 heavy (non-hydrogen) atoms. The Kier molecular flexibility index (Phi) is 4.17. The molecule has 0 aliphatic heterocycles. The third-order valence-corrected chi connectivity index (χ3v) is 3.32. The van der Waals surface area contributed by atoms with Crippen LogP contribution in [0.4, 0.5) is 11.4 Å². The van der Waals surface area contributed by atoms with Gasteiger partial charge >= 0.3 is 0 Å². The SMILES string of the molecule is CCc1ccc(N(C)c2ccc([C@@H](C)O)nc2)cc1. The van der Waals surface area contributed by atoms with E-state index in [0.29, 0.717) is 5.69 Å². The molecule has 1 heterocycles. The molecule has 100 valence electrons. The van der Waals surface area contributed by atoms with Gasteiger partial charge in [0.2, 0.25) is 0 Å². The minimum atomic E-state index is -0.525. The molecule has 1 aromatic heterocycles. The first-order chi connectivity index (χ1) is 9.11. The van der Waals surface area contributed by atoms with Gasteiger partial charge in [-0.25, -0.2) is 0 Å². The van der Waals surface area contributed by atoms with E-state index in [1.165, 1.54) is 5.56 Å². The van der Waals surface area contributed by atoms with Gasteiger partial charge in [0, 0.05) is 12.7 Å². The molecule has 0 saturated heterocycles. The molecule has 1 aromatic carbocycles. The summed E-state index contributed by atoms with van der Waals surface area (Å²) in [6.07, 6.45) is 2.31. The first-order valence-electron chi connectivity index (χ1n) is 6.58. The summed E-state index contributed by atoms with van der Waals surface area (Å²) in [7, 11) is 2.01. The van der Waals surface area contributed by atoms with Gasteiger partial charge in [-0.3, -0.25) is 4.98 Å². The lowest BCUT2D eigenvalue weighted by atomic mass is 10.1. The molecular weight excluding hydrogens is 236 g/mol. The number of anilines is 2. The van der Waals surface area contributed by atoms with E-state index in [4.69, 9.17) is 0 Å². The zero-order chi connectivity index (χ0) is 13.8. The standard InChI is InChI=1S/C16H20N2O/c1-4-13-5-7-14(8-6-13)18(3)15-9-10-16(12(2)19)17-11-15/h5-12,19H,4H2,1-3H3/t12-/m1/s1. The fourth-order valence-corrected chi connectivity index (χ4v) is 1.95. The van der Waals surface area contributed by atoms with Crippen molar-refractivity contribution in [1.29, 1.82) is 0 Å². The van der Waals surface area contributed by atoms with Crippen LogP contribution in [0.2, 0.25) is 0 Å². The van der Waals surface area contributed by atoms with E-state index in [1.807, 2.05) is 19.2 Å². The molecule has 0 radical (unpaired) electrons. The van der Waals surface area contributed by atoms with E-state index in [9.17, 15) is 5.11 Å². The summed E-state index contributed by atoms with van der Waals surface area (Å²) in [5.74, 6) is 0. The van der Waals surface area contributed by atoms with Crippen molar-refractivity contribution in [1.82, 2.24) is 4.98 Å². The number of aryl methyl sites for hydroxylation is 1. The monoisotopic (exact) mass is 256 g/mol. The lowest BCUT2D eigenvalue weighted by Crippen LogP contribution is -2.10. The Bertz CT molecular complexity index is 517. The Morgan fingerprint density at radius 2 is 1.74 bits per heavy atom. The van der Waals surface area contributed by atoms with Crippen LogP contribution < -0.4 is 4.90 Å². The van der Waals surface area contributed by atoms with E-state index in [1.54, 1.807) is 13.1 Å². The molecule has 0 spiro atoms. The van der Waals surface area contributed by atoms with E-state index >= 15 is 0 Å². The second kappa shape index (κ2) is 5.85. The van der Waals surface area contributed by atoms with Crippen LogP contribution in [0.1, 0.15) is 31.2 Å². The highest BCUT2D eigenvalue weighted by atomic mass is 16.3. The lowest BCUT2D eigenvalue weighted by Gasteiger charge is -2.20. The predicted molar refractivity (Wildman–Crippen MR) is 78.8 cm³/mol. The Balaban J connectivity index is 2.20. The van der Waals surface area contributed by atoms with Gasteiger partial charge in [0.05, 0.1) is 23.7 Å². The number of nitrogens with zero attached hydrogens (tertiary/aromatic N) is 2. The van der Waals surface area contributed by atoms with Crippen LogP contribution in [0.15, 0.2) is 42.6 Å². The number of hydrogen-bond donors (Lipinski definition) is 1. The van der Waals surface area contributed by atoms with Gasteiger partial charge in [-0.2, -0.15) is 0 Å². The Hall–Kier alpha value is -1.87. The van der Waals surface area contributed by atoms with Crippen LogP contribution in [0, 0.1) is 0 Å². The maximum atomic E-state index is 9.45. The molecular formula is C16H20N2O. The number of rotatable bonds is 4. The molecule has 0 aliphatic rings. The fraction of sp³-hybridized carbons (Fsp3) is 0.312. The van der Waals surface area contributed by atoms with Crippen LogP contribution in [-0.2, 0) is 6.42 Å². The van der Waals surface area contributed by atoms with E-state index in [-0.39, 0.29) is 0 Å². The van der Waals surface area contributed by atoms with Gasteiger partial charge in [-0.05, 0) is 43.2 Å². The molecule has 1 N–H and O–H groups in total. The second-order valence-corrected chi connectivity index (χ2v) is 4.70. The van der Waals surface area contributed by atoms with Crippen molar-refractivity contribution in [2.24, 2.45) is 0 Å². The maximum Gasteiger partial charge on any atom is 0.0931 e. The number of pyridine rings is 1. The van der Waals surface area contributed by atoms with Crippen molar-refractivity contribution in [2.75, 3.05) is 11.9 Å². The second-order valence-electron chi connectivity index (χ2n) is 4.70. The highest BCUT2D eigenvalue weighted by Crippen LogP contribution is 2.24. The summed E-state index contributed by atoms with van der Waals surface area (Å²) in [4.78, 5) is 6.35. The first-order valence-corrected chi connectivity index (χ1v) is 6.58. The molecule has 3 heteroatoms. The normalized spacial score (nSPS) is 12.2. The molecule has 2 rings (SSSR count). The minimum absolute atomic E-state index is 0.525. The topological polar surface area (TPSA) is 36.4 Å². The van der Waals surface area contributed by atoms with Crippen LogP contribution in [0.25, 0.3) is 0 Å². The van der Waals surface area contributed by atoms with Crippen LogP contribution in [0.5, 0.6) is 0 Å². The van der Waals surface area contributed by atoms with E-state index in [0.717, 1.165) is 17.8 Å². The summed E-state index contributed by atoms with van der Waals surface area (Å²) < 4.78 is 0. The third kappa shape index (κ3) is 3.12. The molecule has 0 amide bonds. The first kappa shape index (κ1) is 13.6. The number of aliphatic hydroxyl groups excluding tert-OH is 1. The summed E-state index contributed by atoms with van der Waals surface area (Å²) in [6, 6.07) is 12.3. The fourth-order valence-electron chi connectivity index (χ4n) is 1.95. The van der Waals surface area contributed by atoms with E-state index < -0.39 is 6.10 Å². The van der Waals surface area contributed by atoms with Gasteiger partial charge < -0.3 is 10.0 Å². The highest BCUT2D eigenvalue weighted by molar-refractivity contribution is 5.61. The van der Waals surface area contributed by atoms with Crippen molar-refractivity contribution in [3.63, 3.8) is 0 Å². The average molecular weight is 256 g/mol. The third-order valence-electron chi connectivity index (χ3n) is 3.32. The van der Waals surface area contributed by atoms with Gasteiger partial charge in [0.15, 0.2) is 0 Å². The quantitative estimate of drug-likeness (QED) is 0.910. The molecule has 1 atom stereocenters. The van der Waals surface area contributed by atoms with Crippen molar-refractivity contribution < 1.29 is 5.11 Å². The van der Waals surface area contributed by atoms with Crippen molar-refractivity contribution in [3.8, 4) is 0 Å². The maximum absolute atomic E-state index is 9.45. The zero-order valence-corrected chi connectivity index (χ0v) is 11.7. The molecule has 0 aliphatic carbocycles. The van der Waals surface area contributed by atoms with Gasteiger partial charge in [-0.15, -0.1) is 0 Å². The molecule has 3 nitrogen and oxygen atoms in total. The molecule has 0 fully saturated rings. The van der Waals surface area contributed by atoms with Crippen LogP contribution >= 0.6 is 0 Å².